The molecule has 1 heterocycles. The molecule has 0 fully saturated rings. The second-order valence-electron chi connectivity index (χ2n) is 7.24. The first kappa shape index (κ1) is 23.0. The number of nitrogens with zero attached hydrogens (tertiary/aromatic N) is 1. The number of urea groups is 1. The number of amides is 2. The van der Waals surface area contributed by atoms with E-state index in [0.29, 0.717) is 29.1 Å². The number of ether oxygens (including phenoxy) is 3. The molecule has 2 aromatic carbocycles. The molecule has 0 aromatic heterocycles. The quantitative estimate of drug-likeness (QED) is 0.386. The predicted octanol–water partition coefficient (Wildman–Crippen LogP) is 3.34. The molecule has 1 atom stereocenters. The molecule has 1 unspecified atom stereocenters. The van der Waals surface area contributed by atoms with Crippen molar-refractivity contribution >= 4 is 18.0 Å². The van der Waals surface area contributed by atoms with Gasteiger partial charge in [-0.05, 0) is 30.2 Å². The van der Waals surface area contributed by atoms with Gasteiger partial charge >= 0.3 is 18.0 Å². The second-order valence-corrected chi connectivity index (χ2v) is 7.24. The third kappa shape index (κ3) is 5.53. The molecule has 2 amide bonds. The molecule has 0 spiro atoms. The number of benzene rings is 2. The lowest BCUT2D eigenvalue weighted by Crippen LogP contribution is -2.47. The van der Waals surface area contributed by atoms with E-state index in [4.69, 9.17) is 14.2 Å². The Morgan fingerprint density at radius 3 is 2.34 bits per heavy atom. The van der Waals surface area contributed by atoms with E-state index in [1.54, 1.807) is 31.2 Å². The predicted molar refractivity (Wildman–Crippen MR) is 117 cm³/mol. The van der Waals surface area contributed by atoms with Crippen molar-refractivity contribution in [3.05, 3.63) is 77.0 Å². The van der Waals surface area contributed by atoms with Gasteiger partial charge in [0.15, 0.2) is 0 Å². The van der Waals surface area contributed by atoms with Gasteiger partial charge in [0, 0.05) is 19.7 Å². The van der Waals surface area contributed by atoms with Gasteiger partial charge in [-0.2, -0.15) is 0 Å². The normalized spacial score (nSPS) is 15.9. The zero-order valence-electron chi connectivity index (χ0n) is 18.3. The summed E-state index contributed by atoms with van der Waals surface area (Å²) in [5, 5.41) is 2.90. The largest absolute Gasteiger partial charge is 0.460 e. The van der Waals surface area contributed by atoms with Crippen molar-refractivity contribution < 1.29 is 28.6 Å². The summed E-state index contributed by atoms with van der Waals surface area (Å²) in [6.07, 6.45) is 0. The Labute approximate surface area is 186 Å². The van der Waals surface area contributed by atoms with Gasteiger partial charge in [0.1, 0.15) is 12.4 Å². The average Bonchev–Trinajstić information content (AvgIpc) is 2.77. The van der Waals surface area contributed by atoms with Gasteiger partial charge in [-0.25, -0.2) is 9.59 Å². The number of nitrogens with one attached hydrogen (secondary N) is 1. The molecule has 1 aliphatic heterocycles. The summed E-state index contributed by atoms with van der Waals surface area (Å²) in [7, 11) is 1.52. The standard InChI is InChI=1S/C24H26N2O6/c1-16-21(23(28)31-14-13-30-3)22(19-9-11-20(12-10-19)32-17(2)27)25-24(29)26(16)15-18-7-5-4-6-8-18/h4-12,22H,13-15H2,1-3H3,(H,25,29). The minimum Gasteiger partial charge on any atom is -0.460 e. The Morgan fingerprint density at radius 1 is 1.03 bits per heavy atom. The Morgan fingerprint density at radius 2 is 1.72 bits per heavy atom. The molecule has 0 radical (unpaired) electrons. The molecule has 8 heteroatoms. The summed E-state index contributed by atoms with van der Waals surface area (Å²) in [6.45, 7) is 3.72. The molecular formula is C24H26N2O6. The number of carbonyl (C=O) groups excluding carboxylic acids is 3. The zero-order chi connectivity index (χ0) is 23.1. The molecule has 8 nitrogen and oxygen atoms in total. The van der Waals surface area contributed by atoms with Gasteiger partial charge in [0.25, 0.3) is 0 Å². The van der Waals surface area contributed by atoms with Gasteiger partial charge in [-0.3, -0.25) is 9.69 Å². The van der Waals surface area contributed by atoms with E-state index in [9.17, 15) is 14.4 Å². The van der Waals surface area contributed by atoms with Crippen LogP contribution in [0.4, 0.5) is 4.79 Å². The summed E-state index contributed by atoms with van der Waals surface area (Å²) < 4.78 is 15.4. The highest BCUT2D eigenvalue weighted by Gasteiger charge is 2.36. The van der Waals surface area contributed by atoms with Crippen LogP contribution in [0.25, 0.3) is 0 Å². The Hall–Kier alpha value is -3.65. The molecule has 1 aliphatic rings. The molecule has 0 aliphatic carbocycles. The van der Waals surface area contributed by atoms with Crippen molar-refractivity contribution in [3.63, 3.8) is 0 Å². The first-order chi connectivity index (χ1) is 15.4. The number of esters is 2. The Balaban J connectivity index is 1.95. The maximum absolute atomic E-state index is 13.0. The fraction of sp³-hybridized carbons (Fsp3) is 0.292. The van der Waals surface area contributed by atoms with Crippen molar-refractivity contribution in [2.45, 2.75) is 26.4 Å². The van der Waals surface area contributed by atoms with Crippen LogP contribution < -0.4 is 10.1 Å². The smallest absolute Gasteiger partial charge is 0.338 e. The minimum atomic E-state index is -0.712. The third-order valence-electron chi connectivity index (χ3n) is 5.00. The molecule has 32 heavy (non-hydrogen) atoms. The van der Waals surface area contributed by atoms with Gasteiger partial charge in [0.05, 0.1) is 24.8 Å². The van der Waals surface area contributed by atoms with Crippen molar-refractivity contribution in [1.82, 2.24) is 10.2 Å². The molecular weight excluding hydrogens is 412 g/mol. The van der Waals surface area contributed by atoms with E-state index in [1.165, 1.54) is 18.9 Å². The van der Waals surface area contributed by atoms with Gasteiger partial charge in [0.2, 0.25) is 0 Å². The maximum atomic E-state index is 13.0. The van der Waals surface area contributed by atoms with Crippen molar-refractivity contribution in [2.75, 3.05) is 20.3 Å². The lowest BCUT2D eigenvalue weighted by Gasteiger charge is -2.35. The van der Waals surface area contributed by atoms with Crippen molar-refractivity contribution in [3.8, 4) is 5.75 Å². The summed E-state index contributed by atoms with van der Waals surface area (Å²) in [4.78, 5) is 38.7. The zero-order valence-corrected chi connectivity index (χ0v) is 18.3. The minimum absolute atomic E-state index is 0.0941. The van der Waals surface area contributed by atoms with Crippen LogP contribution in [0.3, 0.4) is 0 Å². The van der Waals surface area contributed by atoms with Crippen LogP contribution in [0.15, 0.2) is 65.9 Å². The van der Waals surface area contributed by atoms with Crippen LogP contribution in [-0.4, -0.2) is 43.2 Å². The Kier molecular flexibility index (Phi) is 7.62. The number of hydrogen-bond donors (Lipinski definition) is 1. The van der Waals surface area contributed by atoms with Crippen molar-refractivity contribution in [2.24, 2.45) is 0 Å². The summed E-state index contributed by atoms with van der Waals surface area (Å²) in [6, 6.07) is 15.1. The van der Waals surface area contributed by atoms with Crippen molar-refractivity contribution in [1.29, 1.82) is 0 Å². The van der Waals surface area contributed by atoms with Gasteiger partial charge in [-0.15, -0.1) is 0 Å². The fourth-order valence-corrected chi connectivity index (χ4v) is 3.44. The van der Waals surface area contributed by atoms with E-state index in [2.05, 4.69) is 5.32 Å². The van der Waals surface area contributed by atoms with E-state index in [0.717, 1.165) is 5.56 Å². The number of methoxy groups -OCH3 is 1. The molecule has 3 rings (SSSR count). The number of rotatable bonds is 8. The van der Waals surface area contributed by atoms with Gasteiger partial charge in [-0.1, -0.05) is 42.5 Å². The molecule has 2 aromatic rings. The average molecular weight is 438 g/mol. The highest BCUT2D eigenvalue weighted by molar-refractivity contribution is 5.95. The Bertz CT molecular complexity index is 1000. The summed E-state index contributed by atoms with van der Waals surface area (Å²) in [5.74, 6) is -0.593. The van der Waals surface area contributed by atoms with Crippen LogP contribution in [0, 0.1) is 0 Å². The highest BCUT2D eigenvalue weighted by Crippen LogP contribution is 2.33. The number of carbonyl (C=O) groups is 3. The summed E-state index contributed by atoms with van der Waals surface area (Å²) >= 11 is 0. The molecule has 1 N–H and O–H groups in total. The SMILES string of the molecule is COCCOC(=O)C1=C(C)N(Cc2ccccc2)C(=O)NC1c1ccc(OC(C)=O)cc1. The maximum Gasteiger partial charge on any atom is 0.338 e. The topological polar surface area (TPSA) is 94.2 Å². The van der Waals surface area contributed by atoms with E-state index < -0.39 is 18.0 Å². The first-order valence-corrected chi connectivity index (χ1v) is 10.2. The number of allylic oxidation sites excluding steroid dienone is 1. The third-order valence-corrected chi connectivity index (χ3v) is 5.00. The summed E-state index contributed by atoms with van der Waals surface area (Å²) in [5.41, 5.74) is 2.43. The van der Waals surface area contributed by atoms with Crippen LogP contribution in [0.1, 0.15) is 31.0 Å². The fourth-order valence-electron chi connectivity index (χ4n) is 3.44. The molecule has 168 valence electrons. The van der Waals surface area contributed by atoms with E-state index in [1.807, 2.05) is 30.3 Å². The van der Waals surface area contributed by atoms with E-state index in [-0.39, 0.29) is 19.2 Å². The van der Waals surface area contributed by atoms with Crippen LogP contribution in [0.2, 0.25) is 0 Å². The molecule has 0 bridgehead atoms. The van der Waals surface area contributed by atoms with Gasteiger partial charge < -0.3 is 19.5 Å². The first-order valence-electron chi connectivity index (χ1n) is 10.2. The lowest BCUT2D eigenvalue weighted by atomic mass is 9.94. The molecule has 0 saturated heterocycles. The van der Waals surface area contributed by atoms with E-state index >= 15 is 0 Å². The second kappa shape index (κ2) is 10.6. The highest BCUT2D eigenvalue weighted by atomic mass is 16.6. The van der Waals surface area contributed by atoms with Crippen LogP contribution >= 0.6 is 0 Å². The monoisotopic (exact) mass is 438 g/mol. The lowest BCUT2D eigenvalue weighted by molar-refractivity contribution is -0.141. The van der Waals surface area contributed by atoms with Crippen LogP contribution in [0.5, 0.6) is 5.75 Å². The molecule has 0 saturated carbocycles. The van der Waals surface area contributed by atoms with Crippen LogP contribution in [-0.2, 0) is 25.6 Å². The number of hydrogen-bond acceptors (Lipinski definition) is 6.